The van der Waals surface area contributed by atoms with Crippen molar-refractivity contribution in [3.63, 3.8) is 0 Å². The molecule has 0 saturated carbocycles. The first kappa shape index (κ1) is 14.8. The van der Waals surface area contributed by atoms with Crippen LogP contribution in [-0.4, -0.2) is 17.3 Å². The Morgan fingerprint density at radius 2 is 2.30 bits per heavy atom. The average molecular weight is 299 g/mol. The zero-order chi connectivity index (χ0) is 14.4. The highest BCUT2D eigenvalue weighted by molar-refractivity contribution is 7.99. The molecular weight excluding hydrogens is 284 g/mol. The molecule has 1 aromatic heterocycles. The summed E-state index contributed by atoms with van der Waals surface area (Å²) in [5.74, 6) is 1.25. The summed E-state index contributed by atoms with van der Waals surface area (Å²) in [6.07, 6.45) is 0.470. The summed E-state index contributed by atoms with van der Waals surface area (Å²) >= 11 is 1.32. The Morgan fingerprint density at radius 1 is 1.45 bits per heavy atom. The maximum absolute atomic E-state index is 11.9. The van der Waals surface area contributed by atoms with Crippen LogP contribution in [0.3, 0.4) is 0 Å². The minimum atomic E-state index is -1.65. The summed E-state index contributed by atoms with van der Waals surface area (Å²) < 4.78 is 34.8. The number of allylic oxidation sites excluding steroid dienone is 1. The van der Waals surface area contributed by atoms with E-state index in [1.54, 1.807) is 6.07 Å². The number of benzene rings is 1. The highest BCUT2D eigenvalue weighted by atomic mass is 32.2. The lowest BCUT2D eigenvalue weighted by Gasteiger charge is -2.02. The first-order chi connectivity index (χ1) is 9.69. The van der Waals surface area contributed by atoms with Crippen LogP contribution in [0.5, 0.6) is 5.75 Å². The topological polar surface area (TPSA) is 35.3 Å². The van der Waals surface area contributed by atoms with E-state index in [0.717, 1.165) is 23.8 Å². The summed E-state index contributed by atoms with van der Waals surface area (Å²) in [7, 11) is 0. The number of hydrogen-bond donors (Lipinski definition) is 0. The van der Waals surface area contributed by atoms with E-state index in [9.17, 15) is 8.78 Å². The highest BCUT2D eigenvalue weighted by Gasteiger charge is 2.07. The Balaban J connectivity index is 1.99. The Labute approximate surface area is 120 Å². The van der Waals surface area contributed by atoms with Crippen LogP contribution in [0.4, 0.5) is 8.78 Å². The molecular formula is C14H15F2NO2S. The molecule has 0 fully saturated rings. The van der Waals surface area contributed by atoms with Crippen molar-refractivity contribution in [1.82, 2.24) is 4.98 Å². The molecule has 0 bridgehead atoms. The van der Waals surface area contributed by atoms with Crippen molar-refractivity contribution in [2.45, 2.75) is 25.0 Å². The molecule has 1 heterocycles. The van der Waals surface area contributed by atoms with Gasteiger partial charge in [-0.15, -0.1) is 0 Å². The number of aromatic nitrogens is 1. The van der Waals surface area contributed by atoms with Gasteiger partial charge in [-0.2, -0.15) is 8.78 Å². The van der Waals surface area contributed by atoms with Gasteiger partial charge in [0.15, 0.2) is 5.58 Å². The molecule has 2 aromatic rings. The van der Waals surface area contributed by atoms with Gasteiger partial charge in [0.1, 0.15) is 11.3 Å². The second-order valence-electron chi connectivity index (χ2n) is 4.09. The van der Waals surface area contributed by atoms with Crippen LogP contribution in [0.1, 0.15) is 19.8 Å². The van der Waals surface area contributed by atoms with E-state index in [0.29, 0.717) is 23.2 Å². The molecule has 0 aliphatic heterocycles. The van der Waals surface area contributed by atoms with Crippen molar-refractivity contribution < 1.29 is 17.9 Å². The van der Waals surface area contributed by atoms with Gasteiger partial charge in [0.25, 0.3) is 11.3 Å². The van der Waals surface area contributed by atoms with E-state index in [1.165, 1.54) is 11.8 Å². The SMILES string of the molecule is CCCOc1ccc2nc(SCCC=C(F)F)oc2c1. The number of thioether (sulfide) groups is 1. The third-order valence-electron chi connectivity index (χ3n) is 2.46. The predicted molar refractivity (Wildman–Crippen MR) is 75.4 cm³/mol. The predicted octanol–water partition coefficient (Wildman–Crippen LogP) is 4.88. The monoisotopic (exact) mass is 299 g/mol. The molecule has 0 atom stereocenters. The first-order valence-electron chi connectivity index (χ1n) is 6.36. The fourth-order valence-corrected chi connectivity index (χ4v) is 2.29. The maximum atomic E-state index is 11.9. The van der Waals surface area contributed by atoms with Crippen molar-refractivity contribution in [2.24, 2.45) is 0 Å². The van der Waals surface area contributed by atoms with Gasteiger partial charge in [-0.25, -0.2) is 4.98 Å². The summed E-state index contributed by atoms with van der Waals surface area (Å²) in [4.78, 5) is 4.28. The third kappa shape index (κ3) is 4.23. The molecule has 0 aliphatic rings. The molecule has 3 nitrogen and oxygen atoms in total. The third-order valence-corrected chi connectivity index (χ3v) is 3.32. The Morgan fingerprint density at radius 3 is 3.05 bits per heavy atom. The molecule has 0 radical (unpaired) electrons. The van der Waals surface area contributed by atoms with Crippen LogP contribution >= 0.6 is 11.8 Å². The van der Waals surface area contributed by atoms with Crippen LogP contribution in [0.25, 0.3) is 11.1 Å². The molecule has 2 rings (SSSR count). The van der Waals surface area contributed by atoms with Gasteiger partial charge >= 0.3 is 0 Å². The van der Waals surface area contributed by atoms with Gasteiger partial charge in [0, 0.05) is 11.8 Å². The minimum Gasteiger partial charge on any atom is -0.493 e. The fourth-order valence-electron chi connectivity index (χ4n) is 1.57. The lowest BCUT2D eigenvalue weighted by molar-refractivity contribution is 0.317. The number of hydrogen-bond acceptors (Lipinski definition) is 4. The quantitative estimate of drug-likeness (QED) is 0.539. The number of oxazole rings is 1. The Kier molecular flexibility index (Phi) is 5.40. The fraction of sp³-hybridized carbons (Fsp3) is 0.357. The molecule has 0 aliphatic carbocycles. The summed E-state index contributed by atoms with van der Waals surface area (Å²) in [5.41, 5.74) is 1.39. The molecule has 20 heavy (non-hydrogen) atoms. The van der Waals surface area contributed by atoms with Crippen molar-refractivity contribution in [3.05, 3.63) is 30.4 Å². The van der Waals surface area contributed by atoms with Gasteiger partial charge in [0.05, 0.1) is 6.61 Å². The van der Waals surface area contributed by atoms with Gasteiger partial charge in [-0.05, 0) is 31.1 Å². The van der Waals surface area contributed by atoms with Crippen molar-refractivity contribution in [3.8, 4) is 5.75 Å². The Hall–Kier alpha value is -1.56. The summed E-state index contributed by atoms with van der Waals surface area (Å²) in [5, 5.41) is 0.486. The average Bonchev–Trinajstić information content (AvgIpc) is 2.83. The van der Waals surface area contributed by atoms with Crippen LogP contribution in [0, 0.1) is 0 Å². The van der Waals surface area contributed by atoms with Crippen LogP contribution in [0.15, 0.2) is 40.0 Å². The molecule has 0 amide bonds. The minimum absolute atomic E-state index is 0.288. The molecule has 0 N–H and O–H groups in total. The smallest absolute Gasteiger partial charge is 0.266 e. The number of nitrogens with zero attached hydrogens (tertiary/aromatic N) is 1. The Bertz CT molecular complexity index is 594. The summed E-state index contributed by atoms with van der Waals surface area (Å²) in [6.45, 7) is 2.69. The second-order valence-corrected chi connectivity index (χ2v) is 5.13. The van der Waals surface area contributed by atoms with Crippen molar-refractivity contribution >= 4 is 22.9 Å². The van der Waals surface area contributed by atoms with Crippen LogP contribution < -0.4 is 4.74 Å². The number of halogens is 2. The zero-order valence-corrected chi connectivity index (χ0v) is 11.9. The van der Waals surface area contributed by atoms with Crippen molar-refractivity contribution in [1.29, 1.82) is 0 Å². The van der Waals surface area contributed by atoms with E-state index in [1.807, 2.05) is 19.1 Å². The molecule has 0 saturated heterocycles. The number of fused-ring (bicyclic) bond motifs is 1. The summed E-state index contributed by atoms with van der Waals surface area (Å²) in [6, 6.07) is 5.47. The van der Waals surface area contributed by atoms with E-state index in [2.05, 4.69) is 4.98 Å². The van der Waals surface area contributed by atoms with E-state index in [-0.39, 0.29) is 6.42 Å². The number of rotatable bonds is 7. The van der Waals surface area contributed by atoms with E-state index in [4.69, 9.17) is 9.15 Å². The molecule has 108 valence electrons. The standard InChI is InChI=1S/C14H15F2NO2S/c1-2-7-18-10-5-6-11-12(9-10)19-14(17-11)20-8-3-4-13(15)16/h4-6,9H,2-3,7-8H2,1H3. The zero-order valence-electron chi connectivity index (χ0n) is 11.1. The molecule has 0 spiro atoms. The van der Waals surface area contributed by atoms with Crippen LogP contribution in [0.2, 0.25) is 0 Å². The van der Waals surface area contributed by atoms with Gasteiger partial charge in [-0.3, -0.25) is 0 Å². The number of ether oxygens (including phenoxy) is 1. The molecule has 0 unspecified atom stereocenters. The maximum Gasteiger partial charge on any atom is 0.266 e. The van der Waals surface area contributed by atoms with E-state index >= 15 is 0 Å². The largest absolute Gasteiger partial charge is 0.493 e. The first-order valence-corrected chi connectivity index (χ1v) is 7.35. The van der Waals surface area contributed by atoms with Crippen molar-refractivity contribution in [2.75, 3.05) is 12.4 Å². The van der Waals surface area contributed by atoms with Gasteiger partial charge in [0.2, 0.25) is 0 Å². The van der Waals surface area contributed by atoms with E-state index < -0.39 is 6.08 Å². The highest BCUT2D eigenvalue weighted by Crippen LogP contribution is 2.27. The normalized spacial score (nSPS) is 10.8. The van der Waals surface area contributed by atoms with Gasteiger partial charge < -0.3 is 9.15 Å². The molecule has 6 heteroatoms. The van der Waals surface area contributed by atoms with Gasteiger partial charge in [-0.1, -0.05) is 18.7 Å². The lowest BCUT2D eigenvalue weighted by atomic mass is 10.3. The molecule has 1 aromatic carbocycles. The lowest BCUT2D eigenvalue weighted by Crippen LogP contribution is -1.94. The second kappa shape index (κ2) is 7.28. The van der Waals surface area contributed by atoms with Crippen LogP contribution in [-0.2, 0) is 0 Å².